The summed E-state index contributed by atoms with van der Waals surface area (Å²) >= 11 is 0. The minimum Gasteiger partial charge on any atom is -0.242 e. The summed E-state index contributed by atoms with van der Waals surface area (Å²) < 4.78 is 2.33. The highest BCUT2D eigenvalue weighted by molar-refractivity contribution is 5.86. The number of rotatable bonds is 2. The van der Waals surface area contributed by atoms with E-state index in [1.807, 2.05) is 6.92 Å². The molecule has 3 heteroatoms. The maximum Gasteiger partial charge on any atom is 0.158 e. The van der Waals surface area contributed by atoms with Gasteiger partial charge in [0.25, 0.3) is 0 Å². The van der Waals surface area contributed by atoms with Crippen molar-refractivity contribution in [3.8, 4) is 11.4 Å². The van der Waals surface area contributed by atoms with Crippen molar-refractivity contribution in [2.45, 2.75) is 45.1 Å². The van der Waals surface area contributed by atoms with Crippen molar-refractivity contribution in [3.05, 3.63) is 48.3 Å². The van der Waals surface area contributed by atoms with Crippen molar-refractivity contribution in [2.75, 3.05) is 0 Å². The van der Waals surface area contributed by atoms with Crippen molar-refractivity contribution in [1.82, 2.24) is 14.8 Å². The van der Waals surface area contributed by atoms with Crippen LogP contribution in [0.3, 0.4) is 0 Å². The van der Waals surface area contributed by atoms with Crippen LogP contribution >= 0.6 is 0 Å². The molecular formula is C23H25N3. The van der Waals surface area contributed by atoms with Crippen LogP contribution in [0.15, 0.2) is 42.5 Å². The van der Waals surface area contributed by atoms with Crippen molar-refractivity contribution >= 4 is 10.8 Å². The Labute approximate surface area is 154 Å². The van der Waals surface area contributed by atoms with Crippen LogP contribution in [0.2, 0.25) is 0 Å². The van der Waals surface area contributed by atoms with Crippen LogP contribution in [0, 0.1) is 30.6 Å². The maximum atomic E-state index is 4.92. The summed E-state index contributed by atoms with van der Waals surface area (Å²) in [5.74, 6) is 5.58. The molecule has 0 saturated heterocycles. The minimum atomic E-state index is 0.561. The van der Waals surface area contributed by atoms with Gasteiger partial charge < -0.3 is 0 Å². The lowest BCUT2D eigenvalue weighted by molar-refractivity contribution is -0.0331. The molecule has 1 heterocycles. The zero-order valence-corrected chi connectivity index (χ0v) is 15.3. The molecule has 4 bridgehead atoms. The molecule has 4 aliphatic rings. The van der Waals surface area contributed by atoms with Gasteiger partial charge in [0, 0.05) is 5.56 Å². The van der Waals surface area contributed by atoms with E-state index in [0.717, 1.165) is 35.3 Å². The number of aromatic nitrogens is 3. The molecule has 0 amide bonds. The Bertz CT molecular complexity index is 958. The number of hydrogen-bond acceptors (Lipinski definition) is 2. The van der Waals surface area contributed by atoms with Gasteiger partial charge in [-0.25, -0.2) is 9.67 Å². The molecule has 0 radical (unpaired) electrons. The summed E-state index contributed by atoms with van der Waals surface area (Å²) in [6.07, 6.45) is 7.14. The topological polar surface area (TPSA) is 30.7 Å². The van der Waals surface area contributed by atoms with Gasteiger partial charge in [0.15, 0.2) is 5.82 Å². The Morgan fingerprint density at radius 1 is 0.846 bits per heavy atom. The van der Waals surface area contributed by atoms with Gasteiger partial charge in [0.05, 0.1) is 6.04 Å². The van der Waals surface area contributed by atoms with Crippen LogP contribution in [-0.2, 0) is 0 Å². The molecule has 132 valence electrons. The first-order chi connectivity index (χ1) is 12.7. The molecule has 4 aliphatic carbocycles. The molecule has 1 aromatic heterocycles. The Morgan fingerprint density at radius 3 is 2.27 bits per heavy atom. The van der Waals surface area contributed by atoms with Gasteiger partial charge in [-0.3, -0.25) is 0 Å². The average Bonchev–Trinajstić information content (AvgIpc) is 3.02. The fourth-order valence-corrected chi connectivity index (χ4v) is 6.46. The van der Waals surface area contributed by atoms with Crippen molar-refractivity contribution < 1.29 is 0 Å². The molecule has 7 rings (SSSR count). The molecule has 2 aromatic carbocycles. The summed E-state index contributed by atoms with van der Waals surface area (Å²) in [6.45, 7) is 2.04. The van der Waals surface area contributed by atoms with Crippen molar-refractivity contribution in [2.24, 2.45) is 23.7 Å². The fraction of sp³-hybridized carbons (Fsp3) is 0.478. The molecule has 3 aromatic rings. The molecule has 0 unspecified atom stereocenters. The van der Waals surface area contributed by atoms with E-state index in [-0.39, 0.29) is 0 Å². The standard InChI is InChI=1S/C23H25N3/c1-14-24-23(19-7-6-17-4-2-3-5-18(17)13-19)26(25-14)22-20-9-15-8-16(11-20)12-21(22)10-15/h2-7,13,15-16,20-22H,8-12H2,1H3. The van der Waals surface area contributed by atoms with Crippen LogP contribution in [0.1, 0.15) is 44.0 Å². The fourth-order valence-electron chi connectivity index (χ4n) is 6.46. The van der Waals surface area contributed by atoms with E-state index in [4.69, 9.17) is 10.1 Å². The lowest BCUT2D eigenvalue weighted by atomic mass is 9.54. The highest BCUT2D eigenvalue weighted by Gasteiger charge is 2.49. The Balaban J connectivity index is 1.46. The van der Waals surface area contributed by atoms with Gasteiger partial charge in [-0.15, -0.1) is 0 Å². The van der Waals surface area contributed by atoms with E-state index >= 15 is 0 Å². The second-order valence-electron chi connectivity index (χ2n) is 8.91. The molecule has 0 aliphatic heterocycles. The van der Waals surface area contributed by atoms with Gasteiger partial charge in [0.1, 0.15) is 5.82 Å². The van der Waals surface area contributed by atoms with E-state index in [0.29, 0.717) is 6.04 Å². The summed E-state index contributed by atoms with van der Waals surface area (Å²) in [7, 11) is 0. The van der Waals surface area contributed by atoms with E-state index in [1.165, 1.54) is 48.4 Å². The molecule has 0 N–H and O–H groups in total. The quantitative estimate of drug-likeness (QED) is 0.623. The lowest BCUT2D eigenvalue weighted by Gasteiger charge is -2.54. The summed E-state index contributed by atoms with van der Waals surface area (Å²) in [5, 5.41) is 7.48. The van der Waals surface area contributed by atoms with E-state index in [2.05, 4.69) is 47.1 Å². The third kappa shape index (κ3) is 2.19. The highest BCUT2D eigenvalue weighted by Crippen LogP contribution is 2.58. The molecule has 3 nitrogen and oxygen atoms in total. The monoisotopic (exact) mass is 343 g/mol. The van der Waals surface area contributed by atoms with Gasteiger partial charge in [-0.05, 0) is 79.5 Å². The second-order valence-corrected chi connectivity index (χ2v) is 8.91. The summed E-state index contributed by atoms with van der Waals surface area (Å²) in [4.78, 5) is 4.87. The molecular weight excluding hydrogens is 318 g/mol. The predicted molar refractivity (Wildman–Crippen MR) is 104 cm³/mol. The van der Waals surface area contributed by atoms with Gasteiger partial charge in [-0.1, -0.05) is 36.4 Å². The first-order valence-corrected chi connectivity index (χ1v) is 10.2. The first kappa shape index (κ1) is 15.0. The third-order valence-corrected chi connectivity index (χ3v) is 7.20. The van der Waals surface area contributed by atoms with Crippen LogP contribution < -0.4 is 0 Å². The highest BCUT2D eigenvalue weighted by atomic mass is 15.4. The number of nitrogens with zero attached hydrogens (tertiary/aromatic N) is 3. The predicted octanol–water partition coefficient (Wildman–Crippen LogP) is 5.40. The normalized spacial score (nSPS) is 32.4. The van der Waals surface area contributed by atoms with Crippen LogP contribution in [0.4, 0.5) is 0 Å². The molecule has 4 saturated carbocycles. The summed E-state index contributed by atoms with van der Waals surface area (Å²) in [5.41, 5.74) is 1.21. The zero-order valence-electron chi connectivity index (χ0n) is 15.3. The van der Waals surface area contributed by atoms with E-state index in [1.54, 1.807) is 0 Å². The van der Waals surface area contributed by atoms with Gasteiger partial charge in [-0.2, -0.15) is 5.10 Å². The van der Waals surface area contributed by atoms with Crippen LogP contribution in [0.25, 0.3) is 22.2 Å². The van der Waals surface area contributed by atoms with Crippen LogP contribution in [0.5, 0.6) is 0 Å². The van der Waals surface area contributed by atoms with Gasteiger partial charge >= 0.3 is 0 Å². The third-order valence-electron chi connectivity index (χ3n) is 7.20. The number of fused-ring (bicyclic) bond motifs is 1. The maximum absolute atomic E-state index is 4.92. The number of benzene rings is 2. The molecule has 0 atom stereocenters. The Hall–Kier alpha value is -2.16. The summed E-state index contributed by atoms with van der Waals surface area (Å²) in [6, 6.07) is 15.9. The molecule has 0 spiro atoms. The van der Waals surface area contributed by atoms with Gasteiger partial charge in [0.2, 0.25) is 0 Å². The largest absolute Gasteiger partial charge is 0.242 e. The smallest absolute Gasteiger partial charge is 0.158 e. The molecule has 4 fully saturated rings. The Morgan fingerprint density at radius 2 is 1.54 bits per heavy atom. The number of aryl methyl sites for hydroxylation is 1. The SMILES string of the molecule is Cc1nc(-c2ccc3ccccc3c2)n(C2C3CC4CC(C3)CC2C4)n1. The van der Waals surface area contributed by atoms with Crippen molar-refractivity contribution in [3.63, 3.8) is 0 Å². The van der Waals surface area contributed by atoms with Crippen LogP contribution in [-0.4, -0.2) is 14.8 Å². The number of hydrogen-bond donors (Lipinski definition) is 0. The average molecular weight is 343 g/mol. The molecule has 26 heavy (non-hydrogen) atoms. The Kier molecular flexibility index (Phi) is 3.12. The lowest BCUT2D eigenvalue weighted by Crippen LogP contribution is -2.46. The minimum absolute atomic E-state index is 0.561. The zero-order chi connectivity index (χ0) is 17.3. The van der Waals surface area contributed by atoms with Crippen molar-refractivity contribution in [1.29, 1.82) is 0 Å². The van der Waals surface area contributed by atoms with E-state index < -0.39 is 0 Å². The second kappa shape index (κ2) is 5.42. The van der Waals surface area contributed by atoms with E-state index in [9.17, 15) is 0 Å². The first-order valence-electron chi connectivity index (χ1n) is 10.2.